The summed E-state index contributed by atoms with van der Waals surface area (Å²) in [6.45, 7) is -0.102. The van der Waals surface area contributed by atoms with E-state index in [9.17, 15) is 14.4 Å². The van der Waals surface area contributed by atoms with Crippen LogP contribution in [0.2, 0.25) is 10.0 Å². The molecule has 1 aromatic carbocycles. The van der Waals surface area contributed by atoms with Crippen LogP contribution in [0.25, 0.3) is 17.4 Å². The quantitative estimate of drug-likeness (QED) is 0.485. The van der Waals surface area contributed by atoms with E-state index in [-0.39, 0.29) is 17.9 Å². The van der Waals surface area contributed by atoms with Gasteiger partial charge < -0.3 is 8.83 Å². The van der Waals surface area contributed by atoms with E-state index in [1.54, 1.807) is 42.5 Å². The molecule has 146 valence electrons. The number of barbiturate groups is 1. The Labute approximate surface area is 174 Å². The van der Waals surface area contributed by atoms with Gasteiger partial charge in [0, 0.05) is 5.56 Å². The first-order valence-corrected chi connectivity index (χ1v) is 9.14. The van der Waals surface area contributed by atoms with Crippen molar-refractivity contribution in [3.05, 3.63) is 75.9 Å². The van der Waals surface area contributed by atoms with E-state index < -0.39 is 17.8 Å². The molecule has 0 aliphatic carbocycles. The molecule has 0 spiro atoms. The second-order valence-electron chi connectivity index (χ2n) is 6.12. The van der Waals surface area contributed by atoms with E-state index >= 15 is 0 Å². The fourth-order valence-corrected chi connectivity index (χ4v) is 3.07. The molecule has 3 heterocycles. The third-order valence-electron chi connectivity index (χ3n) is 4.20. The van der Waals surface area contributed by atoms with E-state index in [4.69, 9.17) is 32.0 Å². The number of urea groups is 1. The number of halogens is 2. The van der Waals surface area contributed by atoms with E-state index in [0.717, 1.165) is 4.90 Å². The Morgan fingerprint density at radius 1 is 1.03 bits per heavy atom. The summed E-state index contributed by atoms with van der Waals surface area (Å²) in [7, 11) is 0. The van der Waals surface area contributed by atoms with Gasteiger partial charge in [0.25, 0.3) is 11.8 Å². The molecular formula is C20H12Cl2N2O5. The van der Waals surface area contributed by atoms with Gasteiger partial charge in [-0.15, -0.1) is 0 Å². The topological polar surface area (TPSA) is 92.8 Å². The Morgan fingerprint density at radius 3 is 2.59 bits per heavy atom. The molecule has 0 saturated carbocycles. The minimum atomic E-state index is -0.815. The van der Waals surface area contributed by atoms with E-state index in [0.29, 0.717) is 27.1 Å². The highest BCUT2D eigenvalue weighted by molar-refractivity contribution is 6.42. The molecule has 7 nitrogen and oxygen atoms in total. The highest BCUT2D eigenvalue weighted by Gasteiger charge is 2.36. The zero-order chi connectivity index (χ0) is 20.5. The maximum absolute atomic E-state index is 12.7. The number of hydrogen-bond acceptors (Lipinski definition) is 5. The van der Waals surface area contributed by atoms with Crippen molar-refractivity contribution in [3.8, 4) is 11.3 Å². The number of carbonyl (C=O) groups excluding carboxylic acids is 3. The Balaban J connectivity index is 1.61. The van der Waals surface area contributed by atoms with Crippen molar-refractivity contribution in [1.82, 2.24) is 10.2 Å². The minimum Gasteiger partial charge on any atom is -0.467 e. The number of benzene rings is 1. The van der Waals surface area contributed by atoms with Gasteiger partial charge in [0.15, 0.2) is 0 Å². The van der Waals surface area contributed by atoms with E-state index in [2.05, 4.69) is 5.32 Å². The second-order valence-corrected chi connectivity index (χ2v) is 6.93. The lowest BCUT2D eigenvalue weighted by molar-refractivity contribution is -0.130. The first-order chi connectivity index (χ1) is 13.9. The van der Waals surface area contributed by atoms with Crippen LogP contribution in [0, 0.1) is 0 Å². The van der Waals surface area contributed by atoms with Crippen LogP contribution >= 0.6 is 23.2 Å². The van der Waals surface area contributed by atoms with Crippen molar-refractivity contribution in [2.75, 3.05) is 0 Å². The number of hydrogen-bond donors (Lipinski definition) is 1. The summed E-state index contributed by atoms with van der Waals surface area (Å²) in [5, 5.41) is 2.92. The van der Waals surface area contributed by atoms with Gasteiger partial charge in [-0.1, -0.05) is 23.2 Å². The molecule has 0 radical (unpaired) electrons. The third-order valence-corrected chi connectivity index (χ3v) is 4.94. The van der Waals surface area contributed by atoms with Crippen LogP contribution in [0.1, 0.15) is 11.5 Å². The lowest BCUT2D eigenvalue weighted by Gasteiger charge is -2.25. The molecule has 0 atom stereocenters. The Hall–Kier alpha value is -3.29. The molecule has 1 fully saturated rings. The largest absolute Gasteiger partial charge is 0.467 e. The van der Waals surface area contributed by atoms with Crippen LogP contribution in [0.15, 0.2) is 63.1 Å². The van der Waals surface area contributed by atoms with Gasteiger partial charge in [-0.3, -0.25) is 19.8 Å². The normalized spacial score (nSPS) is 15.9. The lowest BCUT2D eigenvalue weighted by atomic mass is 10.1. The average Bonchev–Trinajstić information content (AvgIpc) is 3.36. The highest BCUT2D eigenvalue weighted by Crippen LogP contribution is 2.30. The van der Waals surface area contributed by atoms with Gasteiger partial charge >= 0.3 is 6.03 Å². The van der Waals surface area contributed by atoms with Crippen LogP contribution in [0.3, 0.4) is 0 Å². The molecule has 2 aromatic heterocycles. The zero-order valence-corrected chi connectivity index (χ0v) is 16.2. The van der Waals surface area contributed by atoms with Crippen molar-refractivity contribution in [2.45, 2.75) is 6.54 Å². The highest BCUT2D eigenvalue weighted by atomic mass is 35.5. The maximum Gasteiger partial charge on any atom is 0.331 e. The van der Waals surface area contributed by atoms with Crippen molar-refractivity contribution in [2.24, 2.45) is 0 Å². The standard InChI is InChI=1S/C20H12Cl2N2O5/c21-15-5-3-11(8-16(15)22)17-6-4-12(29-17)9-14-18(25)23-20(27)24(19(14)26)10-13-2-1-7-28-13/h1-9H,10H2,(H,23,25,27). The molecule has 1 aliphatic heterocycles. The summed E-state index contributed by atoms with van der Waals surface area (Å²) in [6, 6.07) is 10.7. The minimum absolute atomic E-state index is 0.102. The first kappa shape index (κ1) is 19.0. The molecular weight excluding hydrogens is 419 g/mol. The van der Waals surface area contributed by atoms with Crippen LogP contribution in [-0.4, -0.2) is 22.7 Å². The molecule has 0 bridgehead atoms. The van der Waals surface area contributed by atoms with Gasteiger partial charge in [0.05, 0.1) is 22.9 Å². The Bertz CT molecular complexity index is 1150. The SMILES string of the molecule is O=C1NC(=O)N(Cc2ccco2)C(=O)C1=Cc1ccc(-c2ccc(Cl)c(Cl)c2)o1. The molecule has 1 saturated heterocycles. The van der Waals surface area contributed by atoms with Crippen molar-refractivity contribution < 1.29 is 23.2 Å². The maximum atomic E-state index is 12.7. The predicted octanol–water partition coefficient (Wildman–Crippen LogP) is 4.51. The summed E-state index contributed by atoms with van der Waals surface area (Å²) in [4.78, 5) is 37.8. The van der Waals surface area contributed by atoms with Gasteiger partial charge in [0.1, 0.15) is 22.9 Å². The molecule has 9 heteroatoms. The summed E-state index contributed by atoms with van der Waals surface area (Å²) >= 11 is 11.9. The fourth-order valence-electron chi connectivity index (χ4n) is 2.77. The van der Waals surface area contributed by atoms with Crippen LogP contribution < -0.4 is 5.32 Å². The number of furan rings is 2. The monoisotopic (exact) mass is 430 g/mol. The van der Waals surface area contributed by atoms with Crippen molar-refractivity contribution in [1.29, 1.82) is 0 Å². The Morgan fingerprint density at radius 2 is 1.86 bits per heavy atom. The fraction of sp³-hybridized carbons (Fsp3) is 0.0500. The first-order valence-electron chi connectivity index (χ1n) is 8.39. The van der Waals surface area contributed by atoms with E-state index in [1.807, 2.05) is 0 Å². The Kier molecular flexibility index (Phi) is 5.00. The molecule has 1 aliphatic rings. The molecule has 4 amide bonds. The number of imide groups is 2. The number of rotatable bonds is 4. The van der Waals surface area contributed by atoms with Gasteiger partial charge in [-0.25, -0.2) is 4.79 Å². The molecule has 29 heavy (non-hydrogen) atoms. The van der Waals surface area contributed by atoms with Crippen molar-refractivity contribution in [3.63, 3.8) is 0 Å². The lowest BCUT2D eigenvalue weighted by Crippen LogP contribution is -2.53. The second kappa shape index (κ2) is 7.62. The van der Waals surface area contributed by atoms with Gasteiger partial charge in [-0.05, 0) is 48.5 Å². The summed E-state index contributed by atoms with van der Waals surface area (Å²) in [6.07, 6.45) is 2.71. The predicted molar refractivity (Wildman–Crippen MR) is 105 cm³/mol. The molecule has 4 rings (SSSR count). The number of amides is 4. The smallest absolute Gasteiger partial charge is 0.331 e. The molecule has 0 unspecified atom stereocenters. The van der Waals surface area contributed by atoms with E-state index in [1.165, 1.54) is 12.3 Å². The summed E-state index contributed by atoms with van der Waals surface area (Å²) in [5.41, 5.74) is 0.448. The number of nitrogens with one attached hydrogen (secondary N) is 1. The third kappa shape index (κ3) is 3.83. The van der Waals surface area contributed by atoms with Gasteiger partial charge in [0.2, 0.25) is 0 Å². The van der Waals surface area contributed by atoms with Crippen LogP contribution in [0.5, 0.6) is 0 Å². The summed E-state index contributed by atoms with van der Waals surface area (Å²) < 4.78 is 10.9. The molecule has 3 aromatic rings. The number of carbonyl (C=O) groups is 3. The van der Waals surface area contributed by atoms with Crippen LogP contribution in [0.4, 0.5) is 4.79 Å². The van der Waals surface area contributed by atoms with Gasteiger partial charge in [-0.2, -0.15) is 0 Å². The van der Waals surface area contributed by atoms with Crippen molar-refractivity contribution >= 4 is 47.1 Å². The summed E-state index contributed by atoms with van der Waals surface area (Å²) in [5.74, 6) is -0.410. The average molecular weight is 431 g/mol. The van der Waals surface area contributed by atoms with Crippen LogP contribution in [-0.2, 0) is 16.1 Å². The number of nitrogens with zero attached hydrogens (tertiary/aromatic N) is 1. The molecule has 1 N–H and O–H groups in total. The zero-order valence-electron chi connectivity index (χ0n) is 14.6.